The zero-order chi connectivity index (χ0) is 17.9. The quantitative estimate of drug-likeness (QED) is 0.898. The molecule has 0 bridgehead atoms. The number of benzene rings is 2. The van der Waals surface area contributed by atoms with Gasteiger partial charge in [-0.1, -0.05) is 44.2 Å². The fourth-order valence-corrected chi connectivity index (χ4v) is 2.95. The van der Waals surface area contributed by atoms with Gasteiger partial charge in [-0.05, 0) is 35.2 Å². The Kier molecular flexibility index (Phi) is 4.74. The molecule has 5 heteroatoms. The first-order chi connectivity index (χ1) is 12.0. The number of cyclic esters (lactones) is 1. The van der Waals surface area contributed by atoms with E-state index in [0.29, 0.717) is 25.3 Å². The molecule has 25 heavy (non-hydrogen) atoms. The predicted octanol–water partition coefficient (Wildman–Crippen LogP) is 3.95. The molecule has 0 atom stereocenters. The maximum absolute atomic E-state index is 12.4. The fourth-order valence-electron chi connectivity index (χ4n) is 2.95. The number of amides is 2. The molecule has 0 aliphatic carbocycles. The highest BCUT2D eigenvalue weighted by atomic mass is 16.6. The number of carbonyl (C=O) groups excluding carboxylic acids is 2. The topological polar surface area (TPSA) is 58.6 Å². The van der Waals surface area contributed by atoms with E-state index in [2.05, 4.69) is 19.2 Å². The Morgan fingerprint density at radius 3 is 2.40 bits per heavy atom. The first kappa shape index (κ1) is 17.0. The van der Waals surface area contributed by atoms with Crippen molar-refractivity contribution >= 4 is 23.4 Å². The van der Waals surface area contributed by atoms with Gasteiger partial charge in [0.05, 0.1) is 6.54 Å². The normalized spacial score (nSPS) is 14.3. The van der Waals surface area contributed by atoms with E-state index in [9.17, 15) is 9.59 Å². The Bertz CT molecular complexity index is 754. The van der Waals surface area contributed by atoms with Crippen LogP contribution in [0, 0.1) is 0 Å². The van der Waals surface area contributed by atoms with E-state index < -0.39 is 0 Å². The average molecular weight is 338 g/mol. The summed E-state index contributed by atoms with van der Waals surface area (Å²) < 4.78 is 4.93. The highest BCUT2D eigenvalue weighted by Crippen LogP contribution is 2.27. The molecule has 2 amide bonds. The lowest BCUT2D eigenvalue weighted by molar-refractivity contribution is -0.117. The molecule has 0 spiro atoms. The van der Waals surface area contributed by atoms with E-state index in [1.54, 1.807) is 17.0 Å². The van der Waals surface area contributed by atoms with Gasteiger partial charge in [-0.15, -0.1) is 0 Å². The summed E-state index contributed by atoms with van der Waals surface area (Å²) in [6.07, 6.45) is 0.0541. The molecule has 0 aromatic heterocycles. The molecule has 1 fully saturated rings. The number of nitrogens with one attached hydrogen (secondary N) is 1. The molecule has 1 aliphatic heterocycles. The Morgan fingerprint density at radius 1 is 1.12 bits per heavy atom. The lowest BCUT2D eigenvalue weighted by Gasteiger charge is -2.24. The third kappa shape index (κ3) is 3.99. The van der Waals surface area contributed by atoms with Crippen LogP contribution in [-0.4, -0.2) is 25.2 Å². The van der Waals surface area contributed by atoms with Gasteiger partial charge in [-0.25, -0.2) is 4.79 Å². The second-order valence-electron chi connectivity index (χ2n) is 6.79. The van der Waals surface area contributed by atoms with Gasteiger partial charge >= 0.3 is 6.09 Å². The van der Waals surface area contributed by atoms with Crippen LogP contribution in [0.25, 0.3) is 0 Å². The molecule has 2 aromatic carbocycles. The summed E-state index contributed by atoms with van der Waals surface area (Å²) in [6, 6.07) is 17.2. The lowest BCUT2D eigenvalue weighted by atomic mass is 9.81. The number of nitrogens with zero attached hydrogens (tertiary/aromatic N) is 1. The number of carbonyl (C=O) groups is 2. The molecule has 1 aliphatic rings. The standard InChI is InChI=1S/C20H22N2O3/c1-20(2,15-6-4-3-5-7-15)14-18(23)21-16-8-10-17(11-9-16)22-12-13-25-19(22)24/h3-11H,12-14H2,1-2H3,(H,21,23). The van der Waals surface area contributed by atoms with Crippen molar-refractivity contribution in [3.63, 3.8) is 0 Å². The van der Waals surface area contributed by atoms with E-state index >= 15 is 0 Å². The van der Waals surface area contributed by atoms with Crippen LogP contribution < -0.4 is 10.2 Å². The summed E-state index contributed by atoms with van der Waals surface area (Å²) in [5.41, 5.74) is 2.37. The smallest absolute Gasteiger partial charge is 0.414 e. The highest BCUT2D eigenvalue weighted by Gasteiger charge is 2.25. The van der Waals surface area contributed by atoms with Gasteiger partial charge in [0.25, 0.3) is 0 Å². The van der Waals surface area contributed by atoms with Crippen LogP contribution in [0.1, 0.15) is 25.8 Å². The summed E-state index contributed by atoms with van der Waals surface area (Å²) in [5.74, 6) is -0.0396. The summed E-state index contributed by atoms with van der Waals surface area (Å²) in [7, 11) is 0. The lowest BCUT2D eigenvalue weighted by Crippen LogP contribution is -2.26. The molecule has 3 rings (SSSR count). The van der Waals surface area contributed by atoms with Crippen molar-refractivity contribution in [3.05, 3.63) is 60.2 Å². The Hall–Kier alpha value is -2.82. The van der Waals surface area contributed by atoms with E-state index in [1.165, 1.54) is 0 Å². The molecule has 0 unspecified atom stereocenters. The van der Waals surface area contributed by atoms with E-state index in [1.807, 2.05) is 42.5 Å². The minimum atomic E-state index is -0.332. The average Bonchev–Trinajstić information content (AvgIpc) is 3.02. The largest absolute Gasteiger partial charge is 0.447 e. The van der Waals surface area contributed by atoms with Gasteiger partial charge in [0.1, 0.15) is 6.61 Å². The van der Waals surface area contributed by atoms with Gasteiger partial charge in [-0.2, -0.15) is 0 Å². The zero-order valence-electron chi connectivity index (χ0n) is 14.5. The van der Waals surface area contributed by atoms with Gasteiger partial charge in [0, 0.05) is 17.8 Å². The SMILES string of the molecule is CC(C)(CC(=O)Nc1ccc(N2CCOC2=O)cc1)c1ccccc1. The third-order valence-electron chi connectivity index (χ3n) is 4.38. The maximum atomic E-state index is 12.4. The summed E-state index contributed by atoms with van der Waals surface area (Å²) in [6.45, 7) is 5.08. The van der Waals surface area contributed by atoms with E-state index in [4.69, 9.17) is 4.74 Å². The van der Waals surface area contributed by atoms with Crippen LogP contribution >= 0.6 is 0 Å². The second-order valence-corrected chi connectivity index (χ2v) is 6.79. The minimum Gasteiger partial charge on any atom is -0.447 e. The zero-order valence-corrected chi connectivity index (χ0v) is 14.5. The number of hydrogen-bond acceptors (Lipinski definition) is 3. The Balaban J connectivity index is 1.62. The Labute approximate surface area is 147 Å². The van der Waals surface area contributed by atoms with Crippen LogP contribution in [0.2, 0.25) is 0 Å². The molecule has 5 nitrogen and oxygen atoms in total. The van der Waals surface area contributed by atoms with Crippen molar-refractivity contribution in [2.24, 2.45) is 0 Å². The molecule has 0 radical (unpaired) electrons. The van der Waals surface area contributed by atoms with Crippen molar-refractivity contribution in [2.75, 3.05) is 23.4 Å². The second kappa shape index (κ2) is 6.97. The summed E-state index contributed by atoms with van der Waals surface area (Å²) in [5, 5.41) is 2.92. The summed E-state index contributed by atoms with van der Waals surface area (Å²) in [4.78, 5) is 25.5. The van der Waals surface area contributed by atoms with Crippen LogP contribution in [0.3, 0.4) is 0 Å². The monoisotopic (exact) mass is 338 g/mol. The molecule has 1 N–H and O–H groups in total. The highest BCUT2D eigenvalue weighted by molar-refractivity contribution is 5.93. The first-order valence-electron chi connectivity index (χ1n) is 8.35. The number of rotatable bonds is 5. The van der Waals surface area contributed by atoms with Crippen molar-refractivity contribution < 1.29 is 14.3 Å². The van der Waals surface area contributed by atoms with Gasteiger partial charge in [-0.3, -0.25) is 9.69 Å². The van der Waals surface area contributed by atoms with Crippen LogP contribution in [0.15, 0.2) is 54.6 Å². The van der Waals surface area contributed by atoms with Crippen LogP contribution in [0.4, 0.5) is 16.2 Å². The molecule has 2 aromatic rings. The van der Waals surface area contributed by atoms with Crippen molar-refractivity contribution in [1.29, 1.82) is 0 Å². The van der Waals surface area contributed by atoms with Crippen LogP contribution in [-0.2, 0) is 14.9 Å². The molecular formula is C20H22N2O3. The summed E-state index contributed by atoms with van der Waals surface area (Å²) >= 11 is 0. The van der Waals surface area contributed by atoms with E-state index in [0.717, 1.165) is 11.3 Å². The number of hydrogen-bond donors (Lipinski definition) is 1. The van der Waals surface area contributed by atoms with Crippen molar-refractivity contribution in [2.45, 2.75) is 25.7 Å². The molecule has 130 valence electrons. The maximum Gasteiger partial charge on any atom is 0.414 e. The first-order valence-corrected chi connectivity index (χ1v) is 8.35. The Morgan fingerprint density at radius 2 is 1.80 bits per heavy atom. The van der Waals surface area contributed by atoms with Gasteiger partial charge < -0.3 is 10.1 Å². The molecule has 1 heterocycles. The third-order valence-corrected chi connectivity index (χ3v) is 4.38. The van der Waals surface area contributed by atoms with Crippen molar-refractivity contribution in [1.82, 2.24) is 0 Å². The van der Waals surface area contributed by atoms with Crippen molar-refractivity contribution in [3.8, 4) is 0 Å². The number of anilines is 2. The van der Waals surface area contributed by atoms with Crippen LogP contribution in [0.5, 0.6) is 0 Å². The van der Waals surface area contributed by atoms with Gasteiger partial charge in [0.15, 0.2) is 0 Å². The van der Waals surface area contributed by atoms with E-state index in [-0.39, 0.29) is 17.4 Å². The minimum absolute atomic E-state index is 0.0396. The molecular weight excluding hydrogens is 316 g/mol. The predicted molar refractivity (Wildman–Crippen MR) is 97.9 cm³/mol. The van der Waals surface area contributed by atoms with Gasteiger partial charge in [0.2, 0.25) is 5.91 Å². The fraction of sp³-hybridized carbons (Fsp3) is 0.300. The molecule has 0 saturated carbocycles. The number of ether oxygens (including phenoxy) is 1. The molecule has 1 saturated heterocycles.